The van der Waals surface area contributed by atoms with Crippen molar-refractivity contribution in [1.82, 2.24) is 4.72 Å². The maximum absolute atomic E-state index is 14.0. The Morgan fingerprint density at radius 3 is 2.63 bits per heavy atom. The Morgan fingerprint density at radius 1 is 1.47 bits per heavy atom. The fraction of sp³-hybridized carbons (Fsp3) is 0.500. The summed E-state index contributed by atoms with van der Waals surface area (Å²) in [5.41, 5.74) is 5.56. The van der Waals surface area contributed by atoms with Crippen LogP contribution < -0.4 is 10.5 Å². The third kappa shape index (κ3) is 4.24. The Bertz CT molecular complexity index is 549. The summed E-state index contributed by atoms with van der Waals surface area (Å²) in [5, 5.41) is 0. The number of hydrogen-bond donors (Lipinski definition) is 2. The Kier molecular flexibility index (Phi) is 5.91. The van der Waals surface area contributed by atoms with Crippen molar-refractivity contribution in [3.05, 3.63) is 28.0 Å². The number of benzene rings is 1. The Hall–Kier alpha value is -0.500. The molecule has 0 amide bonds. The lowest BCUT2D eigenvalue weighted by molar-refractivity contribution is 0.519. The van der Waals surface area contributed by atoms with Crippen molar-refractivity contribution in [1.29, 1.82) is 0 Å². The molecule has 0 saturated heterocycles. The molecule has 0 aliphatic rings. The fourth-order valence-corrected chi connectivity index (χ4v) is 3.40. The third-order valence-electron chi connectivity index (χ3n) is 2.91. The molecular weight excluding hydrogens is 335 g/mol. The number of sulfonamides is 1. The van der Waals surface area contributed by atoms with Crippen LogP contribution in [0, 0.1) is 11.7 Å². The first-order valence-corrected chi connectivity index (χ1v) is 8.27. The normalized spacial score (nSPS) is 13.5. The molecule has 1 rings (SSSR count). The minimum atomic E-state index is -3.86. The molecule has 1 atom stereocenters. The molecule has 0 radical (unpaired) electrons. The first-order chi connectivity index (χ1) is 8.81. The number of halogens is 2. The largest absolute Gasteiger partial charge is 0.326 e. The smallest absolute Gasteiger partial charge is 0.243 e. The van der Waals surface area contributed by atoms with Crippen molar-refractivity contribution in [2.24, 2.45) is 11.7 Å². The topological polar surface area (TPSA) is 72.2 Å². The van der Waals surface area contributed by atoms with E-state index in [9.17, 15) is 12.8 Å². The summed E-state index contributed by atoms with van der Waals surface area (Å²) in [6.45, 7) is 4.11. The summed E-state index contributed by atoms with van der Waals surface area (Å²) in [4.78, 5) is -0.370. The number of nitrogens with two attached hydrogens (primary N) is 1. The van der Waals surface area contributed by atoms with Crippen LogP contribution in [-0.2, 0) is 16.6 Å². The maximum Gasteiger partial charge on any atom is 0.243 e. The molecule has 19 heavy (non-hydrogen) atoms. The molecule has 0 fully saturated rings. The number of hydrogen-bond acceptors (Lipinski definition) is 3. The molecule has 0 aromatic heterocycles. The van der Waals surface area contributed by atoms with Crippen molar-refractivity contribution in [3.63, 3.8) is 0 Å². The van der Waals surface area contributed by atoms with Crippen LogP contribution in [0.4, 0.5) is 4.39 Å². The standard InChI is InChI=1S/C12H18BrFN2O2S/c1-3-8(2)7-16-19(17,18)11-5-10(13)4-9(6-15)12(11)14/h4-5,8,16H,3,6-7,15H2,1-2H3. The van der Waals surface area contributed by atoms with E-state index >= 15 is 0 Å². The Morgan fingerprint density at radius 2 is 2.11 bits per heavy atom. The van der Waals surface area contributed by atoms with Crippen molar-refractivity contribution < 1.29 is 12.8 Å². The Balaban J connectivity index is 3.11. The SMILES string of the molecule is CCC(C)CNS(=O)(=O)c1cc(Br)cc(CN)c1F. The van der Waals surface area contributed by atoms with Crippen LogP contribution in [0.15, 0.2) is 21.5 Å². The first kappa shape index (κ1) is 16.6. The lowest BCUT2D eigenvalue weighted by Gasteiger charge is -2.13. The van der Waals surface area contributed by atoms with E-state index in [0.29, 0.717) is 4.47 Å². The van der Waals surface area contributed by atoms with Gasteiger partial charge < -0.3 is 5.73 Å². The van der Waals surface area contributed by atoms with E-state index in [2.05, 4.69) is 20.7 Å². The highest BCUT2D eigenvalue weighted by Gasteiger charge is 2.22. The van der Waals surface area contributed by atoms with Crippen LogP contribution in [0.2, 0.25) is 0 Å². The molecule has 0 heterocycles. The van der Waals surface area contributed by atoms with Crippen LogP contribution in [-0.4, -0.2) is 15.0 Å². The molecule has 4 nitrogen and oxygen atoms in total. The van der Waals surface area contributed by atoms with E-state index in [1.165, 1.54) is 12.1 Å². The second-order valence-electron chi connectivity index (χ2n) is 4.45. The molecule has 3 N–H and O–H groups in total. The summed E-state index contributed by atoms with van der Waals surface area (Å²) >= 11 is 3.16. The maximum atomic E-state index is 14.0. The zero-order valence-electron chi connectivity index (χ0n) is 10.9. The second kappa shape index (κ2) is 6.78. The predicted octanol–water partition coefficient (Wildman–Crippen LogP) is 2.37. The van der Waals surface area contributed by atoms with Crippen molar-refractivity contribution in [2.75, 3.05) is 6.54 Å². The third-order valence-corrected chi connectivity index (χ3v) is 4.79. The highest BCUT2D eigenvalue weighted by molar-refractivity contribution is 9.10. The van der Waals surface area contributed by atoms with Crippen LogP contribution in [0.5, 0.6) is 0 Å². The van der Waals surface area contributed by atoms with E-state index in [0.717, 1.165) is 6.42 Å². The summed E-state index contributed by atoms with van der Waals surface area (Å²) in [6, 6.07) is 2.72. The summed E-state index contributed by atoms with van der Waals surface area (Å²) in [5.74, 6) is -0.596. The van der Waals surface area contributed by atoms with Gasteiger partial charge in [0.25, 0.3) is 0 Å². The molecule has 1 unspecified atom stereocenters. The van der Waals surface area contributed by atoms with Crippen molar-refractivity contribution in [3.8, 4) is 0 Å². The van der Waals surface area contributed by atoms with Gasteiger partial charge in [-0.2, -0.15) is 0 Å². The number of nitrogens with one attached hydrogen (secondary N) is 1. The van der Waals surface area contributed by atoms with Gasteiger partial charge in [-0.05, 0) is 18.1 Å². The van der Waals surface area contributed by atoms with Crippen LogP contribution in [0.25, 0.3) is 0 Å². The highest BCUT2D eigenvalue weighted by atomic mass is 79.9. The van der Waals surface area contributed by atoms with Crippen LogP contribution >= 0.6 is 15.9 Å². The summed E-state index contributed by atoms with van der Waals surface area (Å²) < 4.78 is 41.1. The van der Waals surface area contributed by atoms with Gasteiger partial charge in [-0.15, -0.1) is 0 Å². The quantitative estimate of drug-likeness (QED) is 0.825. The van der Waals surface area contributed by atoms with Gasteiger partial charge in [-0.1, -0.05) is 36.2 Å². The van der Waals surface area contributed by atoms with Gasteiger partial charge in [0.2, 0.25) is 10.0 Å². The molecule has 0 spiro atoms. The van der Waals surface area contributed by atoms with Gasteiger partial charge in [0.05, 0.1) is 0 Å². The van der Waals surface area contributed by atoms with Gasteiger partial charge in [0.1, 0.15) is 10.7 Å². The molecule has 0 aliphatic heterocycles. The van der Waals surface area contributed by atoms with Crippen molar-refractivity contribution >= 4 is 26.0 Å². The molecule has 1 aromatic rings. The summed E-state index contributed by atoms with van der Waals surface area (Å²) in [7, 11) is -3.86. The first-order valence-electron chi connectivity index (χ1n) is 5.99. The molecule has 0 saturated carbocycles. The van der Waals surface area contributed by atoms with E-state index < -0.39 is 15.8 Å². The highest BCUT2D eigenvalue weighted by Crippen LogP contribution is 2.24. The van der Waals surface area contributed by atoms with E-state index in [-0.39, 0.29) is 29.5 Å². The summed E-state index contributed by atoms with van der Waals surface area (Å²) in [6.07, 6.45) is 0.845. The molecular formula is C12H18BrFN2O2S. The van der Waals surface area contributed by atoms with Gasteiger partial charge in [-0.3, -0.25) is 0 Å². The Labute approximate surface area is 121 Å². The van der Waals surface area contributed by atoms with E-state index in [4.69, 9.17) is 5.73 Å². The lowest BCUT2D eigenvalue weighted by atomic mass is 10.1. The zero-order valence-corrected chi connectivity index (χ0v) is 13.3. The minimum absolute atomic E-state index is 0.0564. The average molecular weight is 353 g/mol. The van der Waals surface area contributed by atoms with Crippen molar-refractivity contribution in [2.45, 2.75) is 31.7 Å². The second-order valence-corrected chi connectivity index (χ2v) is 7.10. The molecule has 0 aliphatic carbocycles. The van der Waals surface area contributed by atoms with E-state index in [1.54, 1.807) is 0 Å². The predicted molar refractivity (Wildman–Crippen MR) is 76.6 cm³/mol. The van der Waals surface area contributed by atoms with Crippen LogP contribution in [0.3, 0.4) is 0 Å². The minimum Gasteiger partial charge on any atom is -0.326 e. The molecule has 0 bridgehead atoms. The monoisotopic (exact) mass is 352 g/mol. The molecule has 7 heteroatoms. The van der Waals surface area contributed by atoms with E-state index in [1.807, 2.05) is 13.8 Å². The number of rotatable bonds is 6. The van der Waals surface area contributed by atoms with Gasteiger partial charge in [-0.25, -0.2) is 17.5 Å². The average Bonchev–Trinajstić information content (AvgIpc) is 2.38. The molecule has 108 valence electrons. The zero-order chi connectivity index (χ0) is 14.6. The van der Waals surface area contributed by atoms with Gasteiger partial charge >= 0.3 is 0 Å². The van der Waals surface area contributed by atoms with Gasteiger partial charge in [0, 0.05) is 23.1 Å². The van der Waals surface area contributed by atoms with Crippen LogP contribution in [0.1, 0.15) is 25.8 Å². The molecule has 1 aromatic carbocycles. The lowest BCUT2D eigenvalue weighted by Crippen LogP contribution is -2.29. The van der Waals surface area contributed by atoms with Gasteiger partial charge in [0.15, 0.2) is 0 Å². The fourth-order valence-electron chi connectivity index (χ4n) is 1.44.